The van der Waals surface area contributed by atoms with Crippen LogP contribution in [-0.4, -0.2) is 36.8 Å². The van der Waals surface area contributed by atoms with Crippen LogP contribution in [0.2, 0.25) is 0 Å². The van der Waals surface area contributed by atoms with Gasteiger partial charge in [0.25, 0.3) is 5.91 Å². The Labute approximate surface area is 194 Å². The lowest BCUT2D eigenvalue weighted by Gasteiger charge is -2.25. The van der Waals surface area contributed by atoms with E-state index in [0.29, 0.717) is 48.3 Å². The summed E-state index contributed by atoms with van der Waals surface area (Å²) in [7, 11) is 0. The molecule has 1 aliphatic heterocycles. The number of nitrogen functional groups attached to an aromatic ring is 1. The van der Waals surface area contributed by atoms with E-state index >= 15 is 0 Å². The molecule has 0 unspecified atom stereocenters. The van der Waals surface area contributed by atoms with E-state index in [1.807, 2.05) is 39.0 Å². The van der Waals surface area contributed by atoms with Crippen molar-refractivity contribution in [3.8, 4) is 17.2 Å². The Morgan fingerprint density at radius 1 is 1.18 bits per heavy atom. The summed E-state index contributed by atoms with van der Waals surface area (Å²) in [5, 5.41) is 3.92. The zero-order valence-electron chi connectivity index (χ0n) is 19.6. The molecule has 1 atom stereocenters. The molecule has 0 saturated heterocycles. The van der Waals surface area contributed by atoms with Crippen molar-refractivity contribution in [2.75, 3.05) is 25.6 Å². The first kappa shape index (κ1) is 22.7. The summed E-state index contributed by atoms with van der Waals surface area (Å²) in [6.45, 7) is 9.33. The van der Waals surface area contributed by atoms with Crippen molar-refractivity contribution in [1.82, 2.24) is 10.3 Å². The van der Waals surface area contributed by atoms with Gasteiger partial charge in [-0.1, -0.05) is 32.9 Å². The third kappa shape index (κ3) is 4.53. The Balaban J connectivity index is 1.56. The number of carbonyl (C=O) groups is 1. The average molecular weight is 450 g/mol. The number of carbonyl (C=O) groups excluding carboxylic acids is 1. The fourth-order valence-corrected chi connectivity index (χ4v) is 4.12. The fraction of sp³-hybridized carbons (Fsp3) is 0.385. The number of aromatic nitrogens is 1. The number of hydrogen-bond donors (Lipinski definition) is 2. The number of hydrogen-bond acceptors (Lipinski definition) is 6. The van der Waals surface area contributed by atoms with Gasteiger partial charge in [-0.2, -0.15) is 0 Å². The van der Waals surface area contributed by atoms with Crippen LogP contribution in [0.25, 0.3) is 10.9 Å². The second-order valence-electron chi connectivity index (χ2n) is 8.56. The molecule has 1 amide bonds. The lowest BCUT2D eigenvalue weighted by molar-refractivity contribution is 0.0894. The molecule has 0 radical (unpaired) electrons. The van der Waals surface area contributed by atoms with E-state index in [4.69, 9.17) is 24.9 Å². The number of nitrogens with two attached hydrogens (primary N) is 1. The van der Waals surface area contributed by atoms with Gasteiger partial charge in [0, 0.05) is 11.4 Å². The number of para-hydroxylation sites is 1. The molecule has 0 bridgehead atoms. The van der Waals surface area contributed by atoms with Gasteiger partial charge in [0.2, 0.25) is 0 Å². The summed E-state index contributed by atoms with van der Waals surface area (Å²) in [5.74, 6) is 1.67. The molecule has 3 N–H and O–H groups in total. The van der Waals surface area contributed by atoms with Crippen LogP contribution in [0.1, 0.15) is 42.4 Å². The minimum Gasteiger partial charge on any atom is -0.491 e. The van der Waals surface area contributed by atoms with E-state index in [-0.39, 0.29) is 17.9 Å². The van der Waals surface area contributed by atoms with Gasteiger partial charge >= 0.3 is 0 Å². The smallest absolute Gasteiger partial charge is 0.255 e. The van der Waals surface area contributed by atoms with Gasteiger partial charge in [0.05, 0.1) is 22.5 Å². The average Bonchev–Trinajstić information content (AvgIpc) is 2.81. The molecule has 4 rings (SSSR count). The molecule has 7 nitrogen and oxygen atoms in total. The first-order chi connectivity index (χ1) is 15.9. The minimum absolute atomic E-state index is 0.143. The highest BCUT2D eigenvalue weighted by atomic mass is 16.6. The topological polar surface area (TPSA) is 95.7 Å². The number of amides is 1. The Bertz CT molecular complexity index is 1180. The monoisotopic (exact) mass is 449 g/mol. The normalized spacial score (nSPS) is 13.7. The summed E-state index contributed by atoms with van der Waals surface area (Å²) in [6, 6.07) is 10.9. The van der Waals surface area contributed by atoms with Crippen LogP contribution in [0, 0.1) is 12.8 Å². The molecular weight excluding hydrogens is 418 g/mol. The second kappa shape index (κ2) is 9.57. The van der Waals surface area contributed by atoms with Crippen LogP contribution in [0.3, 0.4) is 0 Å². The first-order valence-corrected chi connectivity index (χ1v) is 11.4. The molecule has 1 aliphatic rings. The third-order valence-electron chi connectivity index (χ3n) is 6.03. The van der Waals surface area contributed by atoms with Crippen LogP contribution < -0.4 is 25.3 Å². The third-order valence-corrected chi connectivity index (χ3v) is 6.03. The maximum atomic E-state index is 13.1. The Morgan fingerprint density at radius 3 is 2.70 bits per heavy atom. The first-order valence-electron chi connectivity index (χ1n) is 11.4. The van der Waals surface area contributed by atoms with Crippen molar-refractivity contribution in [3.05, 3.63) is 53.2 Å². The Kier molecular flexibility index (Phi) is 6.58. The summed E-state index contributed by atoms with van der Waals surface area (Å²) in [6.07, 6.45) is 0.798. The van der Waals surface area contributed by atoms with Crippen LogP contribution >= 0.6 is 0 Å². The van der Waals surface area contributed by atoms with Crippen molar-refractivity contribution in [2.45, 2.75) is 40.2 Å². The summed E-state index contributed by atoms with van der Waals surface area (Å²) < 4.78 is 17.5. The standard InChI is InChI=1S/C26H31N3O4/c1-5-17-16(4)28-19-9-7-10-21(23(19)24(17)27)33-14-20(15(2)3)29-26(30)18-8-6-11-22-25(18)32-13-12-31-22/h6-11,15,20H,5,12-14H2,1-4H3,(H2,27,28)(H,29,30)/t20-/m1/s1. The molecule has 174 valence electrons. The van der Waals surface area contributed by atoms with Crippen LogP contribution in [-0.2, 0) is 6.42 Å². The molecule has 2 aromatic carbocycles. The highest BCUT2D eigenvalue weighted by molar-refractivity contribution is 5.98. The van der Waals surface area contributed by atoms with E-state index in [0.717, 1.165) is 28.6 Å². The van der Waals surface area contributed by atoms with E-state index in [2.05, 4.69) is 12.2 Å². The molecular formula is C26H31N3O4. The maximum absolute atomic E-state index is 13.1. The highest BCUT2D eigenvalue weighted by Gasteiger charge is 2.24. The number of rotatable bonds is 7. The van der Waals surface area contributed by atoms with E-state index in [1.54, 1.807) is 18.2 Å². The number of fused-ring (bicyclic) bond motifs is 2. The fourth-order valence-electron chi connectivity index (χ4n) is 4.12. The number of pyridine rings is 1. The molecule has 0 spiro atoms. The zero-order valence-corrected chi connectivity index (χ0v) is 19.6. The van der Waals surface area contributed by atoms with Gasteiger partial charge in [-0.25, -0.2) is 0 Å². The van der Waals surface area contributed by atoms with Crippen LogP contribution in [0.5, 0.6) is 17.2 Å². The SMILES string of the molecule is CCc1c(C)nc2cccc(OC[C@@H](NC(=O)c3cccc4c3OCCO4)C(C)C)c2c1N. The number of nitrogens with one attached hydrogen (secondary N) is 1. The number of benzene rings is 2. The molecule has 1 aromatic heterocycles. The van der Waals surface area contributed by atoms with Gasteiger partial charge in [-0.05, 0) is 49.1 Å². The Morgan fingerprint density at radius 2 is 1.94 bits per heavy atom. The maximum Gasteiger partial charge on any atom is 0.255 e. The lowest BCUT2D eigenvalue weighted by Crippen LogP contribution is -2.43. The largest absolute Gasteiger partial charge is 0.491 e. The zero-order chi connectivity index (χ0) is 23.5. The Hall–Kier alpha value is -3.48. The predicted octanol–water partition coefficient (Wildman–Crippen LogP) is 4.29. The van der Waals surface area contributed by atoms with Gasteiger partial charge in [0.15, 0.2) is 11.5 Å². The van der Waals surface area contributed by atoms with Crippen molar-refractivity contribution >= 4 is 22.5 Å². The predicted molar refractivity (Wildman–Crippen MR) is 129 cm³/mol. The van der Waals surface area contributed by atoms with Crippen molar-refractivity contribution < 1.29 is 19.0 Å². The lowest BCUT2D eigenvalue weighted by atomic mass is 10.0. The van der Waals surface area contributed by atoms with Crippen molar-refractivity contribution in [1.29, 1.82) is 0 Å². The molecule has 3 aromatic rings. The van der Waals surface area contributed by atoms with Crippen molar-refractivity contribution in [2.24, 2.45) is 5.92 Å². The van der Waals surface area contributed by atoms with Gasteiger partial charge < -0.3 is 25.3 Å². The van der Waals surface area contributed by atoms with Crippen LogP contribution in [0.4, 0.5) is 5.69 Å². The van der Waals surface area contributed by atoms with E-state index < -0.39 is 0 Å². The molecule has 33 heavy (non-hydrogen) atoms. The minimum atomic E-state index is -0.224. The number of anilines is 1. The quantitative estimate of drug-likeness (QED) is 0.559. The molecule has 7 heteroatoms. The van der Waals surface area contributed by atoms with E-state index in [9.17, 15) is 4.79 Å². The molecule has 0 fully saturated rings. The van der Waals surface area contributed by atoms with Gasteiger partial charge in [-0.3, -0.25) is 9.78 Å². The summed E-state index contributed by atoms with van der Waals surface area (Å²) in [4.78, 5) is 17.8. The number of nitrogens with zero attached hydrogens (tertiary/aromatic N) is 1. The number of aryl methyl sites for hydroxylation is 1. The van der Waals surface area contributed by atoms with Gasteiger partial charge in [-0.15, -0.1) is 0 Å². The summed E-state index contributed by atoms with van der Waals surface area (Å²) in [5.41, 5.74) is 10.4. The summed E-state index contributed by atoms with van der Waals surface area (Å²) >= 11 is 0. The highest BCUT2D eigenvalue weighted by Crippen LogP contribution is 2.35. The van der Waals surface area contributed by atoms with Crippen LogP contribution in [0.15, 0.2) is 36.4 Å². The molecule has 0 saturated carbocycles. The molecule has 0 aliphatic carbocycles. The molecule has 2 heterocycles. The van der Waals surface area contributed by atoms with Gasteiger partial charge in [0.1, 0.15) is 25.6 Å². The number of ether oxygens (including phenoxy) is 3. The van der Waals surface area contributed by atoms with E-state index in [1.165, 1.54) is 0 Å². The second-order valence-corrected chi connectivity index (χ2v) is 8.56. The van der Waals surface area contributed by atoms with Crippen molar-refractivity contribution in [3.63, 3.8) is 0 Å².